The molecular formula is C8H20ClOSn. The Morgan fingerprint density at radius 1 is 0.818 bits per heavy atom. The van der Waals surface area contributed by atoms with E-state index in [1.54, 1.807) is 0 Å². The van der Waals surface area contributed by atoms with Gasteiger partial charge in [-0.1, -0.05) is 0 Å². The van der Waals surface area contributed by atoms with Crippen LogP contribution >= 0.6 is 8.92 Å². The smallest absolute Gasteiger partial charge is 0.412 e. The second-order valence-electron chi connectivity index (χ2n) is 4.81. The van der Waals surface area contributed by atoms with E-state index in [4.69, 9.17) is 8.92 Å². The van der Waals surface area contributed by atoms with Crippen molar-refractivity contribution in [1.29, 1.82) is 0 Å². The fourth-order valence-electron chi connectivity index (χ4n) is 1.12. The molecule has 0 rings (SSSR count). The predicted octanol–water partition coefficient (Wildman–Crippen LogP) is 2.99. The number of rotatable bonds is 0. The Kier molecular flexibility index (Phi) is 5.74. The first-order valence-electron chi connectivity index (χ1n) is 3.69. The molecule has 0 spiro atoms. The summed E-state index contributed by atoms with van der Waals surface area (Å²) in [5.41, 5.74) is 0. The van der Waals surface area contributed by atoms with Crippen molar-refractivity contribution in [2.75, 3.05) is 0 Å². The van der Waals surface area contributed by atoms with Gasteiger partial charge in [0, 0.05) is 0 Å². The van der Waals surface area contributed by atoms with Gasteiger partial charge in [0.25, 0.3) is 0 Å². The van der Waals surface area contributed by atoms with Crippen molar-refractivity contribution in [3.05, 3.63) is 0 Å². The van der Waals surface area contributed by atoms with Crippen molar-refractivity contribution >= 4 is 27.6 Å². The Hall–Kier alpha value is 1.05. The van der Waals surface area contributed by atoms with Gasteiger partial charge in [0.1, 0.15) is 0 Å². The molecule has 0 saturated heterocycles. The molecule has 1 radical (unpaired) electrons. The quantitative estimate of drug-likeness (QED) is 0.613. The molecule has 0 heterocycles. The number of halogens is 1. The molecular weight excluding hydrogens is 266 g/mol. The molecule has 0 unspecified atom stereocenters. The first kappa shape index (κ1) is 14.6. The molecule has 0 bridgehead atoms. The molecule has 0 fully saturated rings. The first-order valence-corrected chi connectivity index (χ1v) is 10.2. The zero-order chi connectivity index (χ0) is 8.58. The predicted molar refractivity (Wildman–Crippen MR) is 54.7 cm³/mol. The van der Waals surface area contributed by atoms with Crippen LogP contribution in [0.3, 0.4) is 0 Å². The monoisotopic (exact) mass is 287 g/mol. The van der Waals surface area contributed by atoms with Gasteiger partial charge in [-0.3, -0.25) is 0 Å². The van der Waals surface area contributed by atoms with Crippen LogP contribution in [0.4, 0.5) is 0 Å². The van der Waals surface area contributed by atoms with Gasteiger partial charge in [-0.25, -0.2) is 0 Å². The van der Waals surface area contributed by atoms with Crippen molar-refractivity contribution in [2.45, 2.75) is 48.4 Å². The zero-order valence-electron chi connectivity index (χ0n) is 8.38. The van der Waals surface area contributed by atoms with Crippen LogP contribution in [0.1, 0.15) is 41.5 Å². The van der Waals surface area contributed by atoms with E-state index in [0.717, 1.165) is 0 Å². The van der Waals surface area contributed by atoms with Crippen LogP contribution in [0.25, 0.3) is 0 Å². The van der Waals surface area contributed by atoms with Crippen LogP contribution in [0, 0.1) is 0 Å². The number of hydrogen-bond acceptors (Lipinski definition) is 0. The summed E-state index contributed by atoms with van der Waals surface area (Å²) in [5, 5.41) is 0. The van der Waals surface area contributed by atoms with Crippen LogP contribution in [0.15, 0.2) is 0 Å². The van der Waals surface area contributed by atoms with E-state index in [0.29, 0.717) is 6.86 Å². The van der Waals surface area contributed by atoms with Crippen LogP contribution in [0.2, 0.25) is 6.86 Å². The van der Waals surface area contributed by atoms with E-state index in [9.17, 15) is 0 Å². The van der Waals surface area contributed by atoms with Crippen LogP contribution in [-0.4, -0.2) is 24.1 Å². The summed E-state index contributed by atoms with van der Waals surface area (Å²) in [7, 11) is 6.43. The molecule has 0 amide bonds. The Bertz CT molecular complexity index is 98.2. The van der Waals surface area contributed by atoms with Gasteiger partial charge in [-0.05, 0) is 0 Å². The van der Waals surface area contributed by atoms with Crippen molar-refractivity contribution in [3.8, 4) is 0 Å². The molecule has 69 valence electrons. The van der Waals surface area contributed by atoms with Crippen LogP contribution in [0.5, 0.6) is 0 Å². The zero-order valence-corrected chi connectivity index (χ0v) is 12.0. The average molecular weight is 286 g/mol. The topological polar surface area (TPSA) is 31.5 Å². The van der Waals surface area contributed by atoms with Gasteiger partial charge < -0.3 is 5.48 Å². The molecule has 0 atom stereocenters. The maximum Gasteiger partial charge on any atom is -0.412 e. The number of hydrogen-bond donors (Lipinski definition) is 0. The standard InChI is InChI=1S/2C4H9.ClH.H2O.Sn/c2*1-4(2)3;;;/h2*1-3H3;1H;1H2;/q;;;;+1/p-1. The van der Waals surface area contributed by atoms with Gasteiger partial charge >= 0.3 is 76.0 Å². The first-order chi connectivity index (χ1) is 4.15. The second kappa shape index (κ2) is 4.33. The minimum Gasteiger partial charge on any atom is -0.412 e. The van der Waals surface area contributed by atoms with Crippen molar-refractivity contribution < 1.29 is 5.48 Å². The molecule has 0 saturated carbocycles. The van der Waals surface area contributed by atoms with Crippen molar-refractivity contribution in [2.24, 2.45) is 0 Å². The van der Waals surface area contributed by atoms with Gasteiger partial charge in [0.05, 0.1) is 0 Å². The third-order valence-corrected chi connectivity index (χ3v) is 16.4. The average Bonchev–Trinajstić information content (AvgIpc) is 1.59. The molecule has 0 aliphatic rings. The van der Waals surface area contributed by atoms with E-state index in [2.05, 4.69) is 41.5 Å². The van der Waals surface area contributed by atoms with E-state index < -0.39 is 18.6 Å². The molecule has 3 heteroatoms. The van der Waals surface area contributed by atoms with Gasteiger partial charge in [-0.2, -0.15) is 0 Å². The summed E-state index contributed by atoms with van der Waals surface area (Å²) < 4.78 is 0.810. The second-order valence-corrected chi connectivity index (χ2v) is 17.7. The maximum atomic E-state index is 6.43. The summed E-state index contributed by atoms with van der Waals surface area (Å²) in [4.78, 5) is 0. The normalized spacial score (nSPS) is 13.1. The summed E-state index contributed by atoms with van der Waals surface area (Å²) in [6.07, 6.45) is 0. The molecule has 11 heavy (non-hydrogen) atoms. The van der Waals surface area contributed by atoms with Gasteiger partial charge in [0.2, 0.25) is 0 Å². The SMILES string of the molecule is C[C](C)(C)[Sn]([Cl])[C](C)(C)C.O. The van der Waals surface area contributed by atoms with E-state index in [-0.39, 0.29) is 5.48 Å². The fourth-order valence-corrected chi connectivity index (χ4v) is 7.55. The molecule has 0 aromatic heterocycles. The minimum absolute atomic E-state index is 0. The Morgan fingerprint density at radius 2 is 1.00 bits per heavy atom. The summed E-state index contributed by atoms with van der Waals surface area (Å²) in [6.45, 7) is 13.6. The fraction of sp³-hybridized carbons (Fsp3) is 1.00. The molecule has 1 nitrogen and oxygen atoms in total. The minimum atomic E-state index is -1.66. The maximum absolute atomic E-state index is 6.43. The van der Waals surface area contributed by atoms with Gasteiger partial charge in [0.15, 0.2) is 0 Å². The Morgan fingerprint density at radius 3 is 1.00 bits per heavy atom. The third kappa shape index (κ3) is 5.31. The van der Waals surface area contributed by atoms with Crippen molar-refractivity contribution in [3.63, 3.8) is 0 Å². The molecule has 0 aliphatic heterocycles. The summed E-state index contributed by atoms with van der Waals surface area (Å²) in [5.74, 6) is 0. The Labute approximate surface area is 81.3 Å². The van der Waals surface area contributed by atoms with Crippen LogP contribution in [-0.2, 0) is 0 Å². The Balaban J connectivity index is 0. The summed E-state index contributed by atoms with van der Waals surface area (Å²) >= 11 is -1.66. The largest absolute Gasteiger partial charge is 0.412 e. The molecule has 2 N–H and O–H groups in total. The molecule has 0 aromatic carbocycles. The van der Waals surface area contributed by atoms with Crippen molar-refractivity contribution in [1.82, 2.24) is 0 Å². The van der Waals surface area contributed by atoms with Crippen LogP contribution < -0.4 is 0 Å². The molecule has 0 aromatic rings. The third-order valence-electron chi connectivity index (χ3n) is 1.32. The summed E-state index contributed by atoms with van der Waals surface area (Å²) in [6, 6.07) is 0. The van der Waals surface area contributed by atoms with E-state index >= 15 is 0 Å². The van der Waals surface area contributed by atoms with E-state index in [1.807, 2.05) is 0 Å². The van der Waals surface area contributed by atoms with Gasteiger partial charge in [-0.15, -0.1) is 0 Å². The van der Waals surface area contributed by atoms with E-state index in [1.165, 1.54) is 0 Å². The molecule has 0 aliphatic carbocycles.